The van der Waals surface area contributed by atoms with Crippen LogP contribution in [0.2, 0.25) is 5.02 Å². The number of thiocarbonyl (C=S) groups is 1. The van der Waals surface area contributed by atoms with Gasteiger partial charge in [-0.25, -0.2) is 0 Å². The molecule has 0 radical (unpaired) electrons. The highest BCUT2D eigenvalue weighted by molar-refractivity contribution is 9.10. The number of halogens is 2. The maximum Gasteiger partial charge on any atom is 0.172 e. The van der Waals surface area contributed by atoms with Gasteiger partial charge in [-0.2, -0.15) is 5.10 Å². The van der Waals surface area contributed by atoms with E-state index in [2.05, 4.69) is 31.7 Å². The van der Waals surface area contributed by atoms with E-state index in [1.807, 2.05) is 42.1 Å². The topological polar surface area (TPSA) is 51.1 Å². The SMILES string of the molecule is CCOCCCNC(=S)Nc1nn(Cc2ccc(Cl)cc2)cc1Br. The number of benzene rings is 1. The van der Waals surface area contributed by atoms with Crippen LogP contribution in [0.5, 0.6) is 0 Å². The molecule has 0 saturated heterocycles. The molecule has 1 heterocycles. The molecule has 0 spiro atoms. The standard InChI is InChI=1S/C16H20BrClN4OS/c1-2-23-9-3-8-19-16(24)20-15-14(17)11-22(21-15)10-12-4-6-13(18)7-5-12/h4-7,11H,2-3,8-10H2,1H3,(H2,19,20,21,24). The summed E-state index contributed by atoms with van der Waals surface area (Å²) in [4.78, 5) is 0. The van der Waals surface area contributed by atoms with E-state index in [4.69, 9.17) is 28.6 Å². The highest BCUT2D eigenvalue weighted by Crippen LogP contribution is 2.21. The van der Waals surface area contributed by atoms with Crippen molar-refractivity contribution in [3.63, 3.8) is 0 Å². The van der Waals surface area contributed by atoms with Crippen LogP contribution >= 0.6 is 39.7 Å². The van der Waals surface area contributed by atoms with Crippen molar-refractivity contribution in [3.05, 3.63) is 45.5 Å². The molecule has 24 heavy (non-hydrogen) atoms. The van der Waals surface area contributed by atoms with Gasteiger partial charge in [-0.15, -0.1) is 0 Å². The highest BCUT2D eigenvalue weighted by Gasteiger charge is 2.08. The van der Waals surface area contributed by atoms with Crippen molar-refractivity contribution in [2.24, 2.45) is 0 Å². The van der Waals surface area contributed by atoms with Crippen LogP contribution in [-0.2, 0) is 11.3 Å². The van der Waals surface area contributed by atoms with Crippen molar-refractivity contribution >= 4 is 50.7 Å². The smallest absolute Gasteiger partial charge is 0.172 e. The molecule has 0 fully saturated rings. The molecule has 2 N–H and O–H groups in total. The van der Waals surface area contributed by atoms with Gasteiger partial charge in [-0.05, 0) is 59.2 Å². The number of rotatable bonds is 8. The van der Waals surface area contributed by atoms with Crippen molar-refractivity contribution in [1.29, 1.82) is 0 Å². The number of ether oxygens (including phenoxy) is 1. The van der Waals surface area contributed by atoms with E-state index in [9.17, 15) is 0 Å². The maximum absolute atomic E-state index is 5.90. The molecule has 2 aromatic rings. The summed E-state index contributed by atoms with van der Waals surface area (Å²) in [5.74, 6) is 0.686. The van der Waals surface area contributed by atoms with Crippen molar-refractivity contribution in [2.75, 3.05) is 25.1 Å². The lowest BCUT2D eigenvalue weighted by Crippen LogP contribution is -2.30. The quantitative estimate of drug-likeness (QED) is 0.487. The van der Waals surface area contributed by atoms with Crippen molar-refractivity contribution in [2.45, 2.75) is 19.9 Å². The Kier molecular flexibility index (Phi) is 7.98. The van der Waals surface area contributed by atoms with Crippen LogP contribution in [0.15, 0.2) is 34.9 Å². The van der Waals surface area contributed by atoms with E-state index in [1.54, 1.807) is 0 Å². The predicted octanol–water partition coefficient (Wildman–Crippen LogP) is 4.06. The Morgan fingerprint density at radius 3 is 2.83 bits per heavy atom. The largest absolute Gasteiger partial charge is 0.382 e. The van der Waals surface area contributed by atoms with E-state index in [1.165, 1.54) is 0 Å². The van der Waals surface area contributed by atoms with Gasteiger partial charge in [0.05, 0.1) is 11.0 Å². The molecule has 0 bridgehead atoms. The van der Waals surface area contributed by atoms with Gasteiger partial charge in [0, 0.05) is 31.0 Å². The van der Waals surface area contributed by atoms with Gasteiger partial charge >= 0.3 is 0 Å². The third-order valence-electron chi connectivity index (χ3n) is 3.16. The molecule has 0 amide bonds. The fourth-order valence-electron chi connectivity index (χ4n) is 2.01. The number of aromatic nitrogens is 2. The summed E-state index contributed by atoms with van der Waals surface area (Å²) in [6, 6.07) is 7.71. The van der Waals surface area contributed by atoms with Gasteiger partial charge in [0.25, 0.3) is 0 Å². The Morgan fingerprint density at radius 1 is 1.38 bits per heavy atom. The minimum atomic E-state index is 0.545. The predicted molar refractivity (Wildman–Crippen MR) is 106 cm³/mol. The van der Waals surface area contributed by atoms with Crippen LogP contribution in [0, 0.1) is 0 Å². The molecule has 1 aromatic heterocycles. The van der Waals surface area contributed by atoms with E-state index < -0.39 is 0 Å². The Morgan fingerprint density at radius 2 is 2.12 bits per heavy atom. The summed E-state index contributed by atoms with van der Waals surface area (Å²) < 4.78 is 7.98. The van der Waals surface area contributed by atoms with Crippen LogP contribution in [0.1, 0.15) is 18.9 Å². The van der Waals surface area contributed by atoms with Gasteiger partial charge in [0.1, 0.15) is 0 Å². The van der Waals surface area contributed by atoms with Crippen LogP contribution in [0.4, 0.5) is 5.82 Å². The first-order valence-corrected chi connectivity index (χ1v) is 9.26. The summed E-state index contributed by atoms with van der Waals surface area (Å²) in [5.41, 5.74) is 1.12. The zero-order valence-electron chi connectivity index (χ0n) is 13.4. The number of anilines is 1. The summed E-state index contributed by atoms with van der Waals surface area (Å²) in [6.45, 7) is 4.87. The van der Waals surface area contributed by atoms with Gasteiger partial charge in [-0.1, -0.05) is 23.7 Å². The molecule has 8 heteroatoms. The first kappa shape index (κ1) is 19.2. The number of hydrogen-bond donors (Lipinski definition) is 2. The normalized spacial score (nSPS) is 10.6. The van der Waals surface area contributed by atoms with E-state index in [-0.39, 0.29) is 0 Å². The fourth-order valence-corrected chi connectivity index (χ4v) is 2.75. The zero-order chi connectivity index (χ0) is 17.4. The second kappa shape index (κ2) is 9.98. The zero-order valence-corrected chi connectivity index (χ0v) is 16.5. The van der Waals surface area contributed by atoms with Crippen LogP contribution in [0.25, 0.3) is 0 Å². The van der Waals surface area contributed by atoms with Crippen LogP contribution in [0.3, 0.4) is 0 Å². The molecule has 0 atom stereocenters. The molecule has 0 aliphatic rings. The third kappa shape index (κ3) is 6.39. The average Bonchev–Trinajstić information content (AvgIpc) is 2.89. The Hall–Kier alpha value is -1.15. The maximum atomic E-state index is 5.90. The number of nitrogens with zero attached hydrogens (tertiary/aromatic N) is 2. The molecule has 0 saturated carbocycles. The lowest BCUT2D eigenvalue weighted by atomic mass is 10.2. The van der Waals surface area contributed by atoms with Crippen molar-refractivity contribution in [3.8, 4) is 0 Å². The van der Waals surface area contributed by atoms with Gasteiger partial charge in [0.15, 0.2) is 10.9 Å². The molecule has 130 valence electrons. The van der Waals surface area contributed by atoms with Gasteiger partial charge in [0.2, 0.25) is 0 Å². The second-order valence-electron chi connectivity index (χ2n) is 5.08. The lowest BCUT2D eigenvalue weighted by Gasteiger charge is -2.09. The summed E-state index contributed by atoms with van der Waals surface area (Å²) in [5, 5.41) is 12.0. The number of hydrogen-bond acceptors (Lipinski definition) is 3. The van der Waals surface area contributed by atoms with Crippen LogP contribution in [-0.4, -0.2) is 34.7 Å². The fraction of sp³-hybridized carbons (Fsp3) is 0.375. The van der Waals surface area contributed by atoms with Crippen molar-refractivity contribution < 1.29 is 4.74 Å². The first-order valence-electron chi connectivity index (χ1n) is 7.68. The van der Waals surface area contributed by atoms with E-state index in [0.717, 1.165) is 41.2 Å². The van der Waals surface area contributed by atoms with E-state index >= 15 is 0 Å². The molecule has 2 rings (SSSR count). The molecule has 0 aliphatic carbocycles. The minimum absolute atomic E-state index is 0.545. The highest BCUT2D eigenvalue weighted by atomic mass is 79.9. The lowest BCUT2D eigenvalue weighted by molar-refractivity contribution is 0.146. The second-order valence-corrected chi connectivity index (χ2v) is 6.78. The Balaban J connectivity index is 1.84. The molecule has 0 aliphatic heterocycles. The Bertz CT molecular complexity index is 663. The molecular weight excluding hydrogens is 412 g/mol. The van der Waals surface area contributed by atoms with Crippen molar-refractivity contribution in [1.82, 2.24) is 15.1 Å². The molecule has 1 aromatic carbocycles. The molecule has 0 unspecified atom stereocenters. The third-order valence-corrected chi connectivity index (χ3v) is 4.24. The molecule has 5 nitrogen and oxygen atoms in total. The van der Waals surface area contributed by atoms with E-state index in [0.29, 0.717) is 17.5 Å². The number of nitrogens with one attached hydrogen (secondary N) is 2. The molecular formula is C16H20BrClN4OS. The first-order chi connectivity index (χ1) is 11.6. The van der Waals surface area contributed by atoms with Gasteiger partial charge < -0.3 is 15.4 Å². The van der Waals surface area contributed by atoms with Crippen LogP contribution < -0.4 is 10.6 Å². The van der Waals surface area contributed by atoms with Gasteiger partial charge in [-0.3, -0.25) is 4.68 Å². The summed E-state index contributed by atoms with van der Waals surface area (Å²) in [7, 11) is 0. The monoisotopic (exact) mass is 430 g/mol. The Labute approximate surface area is 160 Å². The average molecular weight is 432 g/mol. The summed E-state index contributed by atoms with van der Waals surface area (Å²) >= 11 is 14.7. The minimum Gasteiger partial charge on any atom is -0.382 e. The summed E-state index contributed by atoms with van der Waals surface area (Å²) in [6.07, 6.45) is 2.82.